The van der Waals surface area contributed by atoms with E-state index in [1.807, 2.05) is 58.0 Å². The summed E-state index contributed by atoms with van der Waals surface area (Å²) in [6, 6.07) is 12.6. The molecule has 0 aliphatic rings. The lowest BCUT2D eigenvalue weighted by molar-refractivity contribution is 0.0914. The van der Waals surface area contributed by atoms with Crippen molar-refractivity contribution in [3.63, 3.8) is 0 Å². The summed E-state index contributed by atoms with van der Waals surface area (Å²) in [5.41, 5.74) is 1.13. The van der Waals surface area contributed by atoms with Crippen LogP contribution in [0.25, 0.3) is 0 Å². The number of carbonyl (C=O) groups excluding carboxylic acids is 2. The Morgan fingerprint density at radius 2 is 1.79 bits per heavy atom. The van der Waals surface area contributed by atoms with Crippen LogP contribution in [0.4, 0.5) is 5.69 Å². The van der Waals surface area contributed by atoms with Gasteiger partial charge in [0, 0.05) is 29.5 Å². The number of benzene rings is 1. The predicted octanol–water partition coefficient (Wildman–Crippen LogP) is 3.28. The van der Waals surface area contributed by atoms with Gasteiger partial charge in [0.05, 0.1) is 0 Å². The molecule has 0 fully saturated rings. The Hall–Kier alpha value is -2.69. The number of nitrogens with zero attached hydrogens (tertiary/aromatic N) is 2. The van der Waals surface area contributed by atoms with Crippen LogP contribution in [0.2, 0.25) is 0 Å². The zero-order valence-corrected chi connectivity index (χ0v) is 14.5. The monoisotopic (exact) mass is 325 g/mol. The summed E-state index contributed by atoms with van der Waals surface area (Å²) in [5, 5.41) is 2.85. The molecule has 1 aromatic heterocycles. The Morgan fingerprint density at radius 3 is 2.38 bits per heavy atom. The Morgan fingerprint density at radius 1 is 1.12 bits per heavy atom. The first-order chi connectivity index (χ1) is 11.3. The molecule has 24 heavy (non-hydrogen) atoms. The average Bonchev–Trinajstić information content (AvgIpc) is 2.55. The number of nitrogens with one attached hydrogen (secondary N) is 1. The molecule has 0 bridgehead atoms. The highest BCUT2D eigenvalue weighted by Crippen LogP contribution is 2.17. The van der Waals surface area contributed by atoms with E-state index in [0.717, 1.165) is 5.69 Å². The van der Waals surface area contributed by atoms with E-state index in [1.165, 1.54) is 12.3 Å². The molecule has 0 unspecified atom stereocenters. The number of rotatable bonds is 4. The maximum absolute atomic E-state index is 12.8. The lowest BCUT2D eigenvalue weighted by Gasteiger charge is -2.22. The van der Waals surface area contributed by atoms with Gasteiger partial charge in [0.1, 0.15) is 5.69 Å². The molecule has 0 radical (unpaired) electrons. The maximum atomic E-state index is 12.8. The highest BCUT2D eigenvalue weighted by atomic mass is 16.2. The Labute approximate surface area is 142 Å². The highest BCUT2D eigenvalue weighted by molar-refractivity contribution is 6.07. The third-order valence-electron chi connectivity index (χ3n) is 3.36. The fraction of sp³-hybridized carbons (Fsp3) is 0.316. The maximum Gasteiger partial charge on any atom is 0.270 e. The first-order valence-electron chi connectivity index (χ1n) is 7.97. The second-order valence-electron chi connectivity index (χ2n) is 6.52. The van der Waals surface area contributed by atoms with Gasteiger partial charge in [0.25, 0.3) is 11.8 Å². The molecule has 2 rings (SSSR count). The van der Waals surface area contributed by atoms with Crippen molar-refractivity contribution >= 4 is 17.5 Å². The van der Waals surface area contributed by atoms with E-state index in [0.29, 0.717) is 12.1 Å². The average molecular weight is 325 g/mol. The Balaban J connectivity index is 2.27. The standard InChI is InChI=1S/C19H23N3O2/c1-5-22(15-9-7-6-8-10-15)18(24)14-11-12-20-16(13-14)17(23)21-19(2,3)4/h6-13H,5H2,1-4H3,(H,21,23). The molecule has 0 saturated carbocycles. The molecule has 0 spiro atoms. The zero-order chi connectivity index (χ0) is 17.7. The van der Waals surface area contributed by atoms with E-state index in [9.17, 15) is 9.59 Å². The van der Waals surface area contributed by atoms with Crippen LogP contribution in [0.5, 0.6) is 0 Å². The molecular formula is C19H23N3O2. The Bertz CT molecular complexity index is 721. The fourth-order valence-corrected chi connectivity index (χ4v) is 2.30. The summed E-state index contributed by atoms with van der Waals surface area (Å²) < 4.78 is 0. The van der Waals surface area contributed by atoms with Crippen LogP contribution in [0.15, 0.2) is 48.7 Å². The minimum absolute atomic E-state index is 0.157. The van der Waals surface area contributed by atoms with Crippen LogP contribution >= 0.6 is 0 Å². The van der Waals surface area contributed by atoms with Crippen molar-refractivity contribution in [2.45, 2.75) is 33.2 Å². The van der Waals surface area contributed by atoms with Crippen molar-refractivity contribution in [3.05, 3.63) is 59.9 Å². The number of hydrogen-bond acceptors (Lipinski definition) is 3. The molecule has 5 nitrogen and oxygen atoms in total. The molecule has 0 aliphatic heterocycles. The lowest BCUT2D eigenvalue weighted by Crippen LogP contribution is -2.41. The molecule has 0 saturated heterocycles. The van der Waals surface area contributed by atoms with Crippen molar-refractivity contribution in [2.75, 3.05) is 11.4 Å². The van der Waals surface area contributed by atoms with Gasteiger partial charge in [0.15, 0.2) is 0 Å². The van der Waals surface area contributed by atoms with Crippen molar-refractivity contribution in [2.24, 2.45) is 0 Å². The van der Waals surface area contributed by atoms with E-state index in [2.05, 4.69) is 10.3 Å². The van der Waals surface area contributed by atoms with E-state index in [4.69, 9.17) is 0 Å². The molecule has 1 aromatic carbocycles. The van der Waals surface area contributed by atoms with Gasteiger partial charge in [-0.25, -0.2) is 0 Å². The predicted molar refractivity (Wildman–Crippen MR) is 95.2 cm³/mol. The number of hydrogen-bond donors (Lipinski definition) is 1. The largest absolute Gasteiger partial charge is 0.346 e. The van der Waals surface area contributed by atoms with Crippen molar-refractivity contribution in [1.82, 2.24) is 10.3 Å². The number of amides is 2. The van der Waals surface area contributed by atoms with Gasteiger partial charge in [-0.1, -0.05) is 18.2 Å². The lowest BCUT2D eigenvalue weighted by atomic mass is 10.1. The van der Waals surface area contributed by atoms with E-state index < -0.39 is 0 Å². The summed E-state index contributed by atoms with van der Waals surface area (Å²) in [5.74, 6) is -0.448. The third-order valence-corrected chi connectivity index (χ3v) is 3.36. The first kappa shape index (κ1) is 17.7. The van der Waals surface area contributed by atoms with Gasteiger partial charge in [-0.2, -0.15) is 0 Å². The van der Waals surface area contributed by atoms with Crippen molar-refractivity contribution in [3.8, 4) is 0 Å². The van der Waals surface area contributed by atoms with Crippen LogP contribution in [0.3, 0.4) is 0 Å². The third kappa shape index (κ3) is 4.41. The smallest absolute Gasteiger partial charge is 0.270 e. The summed E-state index contributed by atoms with van der Waals surface area (Å²) in [6.07, 6.45) is 1.49. The van der Waals surface area contributed by atoms with Crippen molar-refractivity contribution < 1.29 is 9.59 Å². The van der Waals surface area contributed by atoms with Gasteiger partial charge in [0.2, 0.25) is 0 Å². The number of pyridine rings is 1. The summed E-state index contributed by atoms with van der Waals surface area (Å²) in [7, 11) is 0. The van der Waals surface area contributed by atoms with Gasteiger partial charge in [-0.05, 0) is 52.0 Å². The number of para-hydroxylation sites is 1. The summed E-state index contributed by atoms with van der Waals surface area (Å²) in [4.78, 5) is 30.8. The van der Waals surface area contributed by atoms with Crippen molar-refractivity contribution in [1.29, 1.82) is 0 Å². The van der Waals surface area contributed by atoms with E-state index in [-0.39, 0.29) is 23.0 Å². The number of carbonyl (C=O) groups is 2. The van der Waals surface area contributed by atoms with Crippen LogP contribution in [0.1, 0.15) is 48.5 Å². The highest BCUT2D eigenvalue weighted by Gasteiger charge is 2.20. The zero-order valence-electron chi connectivity index (χ0n) is 14.5. The molecule has 5 heteroatoms. The minimum atomic E-state index is -0.363. The van der Waals surface area contributed by atoms with Crippen LogP contribution in [-0.4, -0.2) is 28.9 Å². The van der Waals surface area contributed by atoms with Crippen LogP contribution in [-0.2, 0) is 0 Å². The Kier molecular flexibility index (Phi) is 5.34. The van der Waals surface area contributed by atoms with Gasteiger partial charge < -0.3 is 10.2 Å². The SMILES string of the molecule is CCN(C(=O)c1ccnc(C(=O)NC(C)(C)C)c1)c1ccccc1. The summed E-state index contributed by atoms with van der Waals surface area (Å²) in [6.45, 7) is 8.14. The van der Waals surface area contributed by atoms with E-state index >= 15 is 0 Å². The minimum Gasteiger partial charge on any atom is -0.346 e. The molecule has 2 aromatic rings. The molecule has 0 atom stereocenters. The second-order valence-corrected chi connectivity index (χ2v) is 6.52. The molecular weight excluding hydrogens is 302 g/mol. The first-order valence-corrected chi connectivity index (χ1v) is 7.97. The quantitative estimate of drug-likeness (QED) is 0.938. The van der Waals surface area contributed by atoms with Gasteiger partial charge >= 0.3 is 0 Å². The van der Waals surface area contributed by atoms with Gasteiger partial charge in [-0.3, -0.25) is 14.6 Å². The fourth-order valence-electron chi connectivity index (χ4n) is 2.30. The second kappa shape index (κ2) is 7.25. The topological polar surface area (TPSA) is 62.3 Å². The summed E-state index contributed by atoms with van der Waals surface area (Å²) >= 11 is 0. The number of aromatic nitrogens is 1. The molecule has 1 N–H and O–H groups in total. The normalized spacial score (nSPS) is 11.0. The molecule has 126 valence electrons. The molecule has 2 amide bonds. The van der Waals surface area contributed by atoms with Crippen LogP contribution < -0.4 is 10.2 Å². The molecule has 0 aliphatic carbocycles. The number of anilines is 1. The van der Waals surface area contributed by atoms with Crippen LogP contribution in [0, 0.1) is 0 Å². The van der Waals surface area contributed by atoms with Gasteiger partial charge in [-0.15, -0.1) is 0 Å². The molecule has 1 heterocycles. The van der Waals surface area contributed by atoms with E-state index in [1.54, 1.807) is 11.0 Å².